The van der Waals surface area contributed by atoms with E-state index in [0.717, 1.165) is 0 Å². The third-order valence-corrected chi connectivity index (χ3v) is 3.11. The highest BCUT2D eigenvalue weighted by atomic mass is 32.1. The zero-order valence-corrected chi connectivity index (χ0v) is 10.3. The smallest absolute Gasteiger partial charge is 0.339 e. The van der Waals surface area contributed by atoms with E-state index in [9.17, 15) is 14.7 Å². The minimum Gasteiger partial charge on any atom is -0.494 e. The average Bonchev–Trinajstić information content (AvgIpc) is 2.67. The number of hydrogen-bond donors (Lipinski definition) is 3. The lowest BCUT2D eigenvalue weighted by Crippen LogP contribution is -2.18. The van der Waals surface area contributed by atoms with Crippen molar-refractivity contribution in [2.75, 3.05) is 0 Å². The van der Waals surface area contributed by atoms with E-state index in [-0.39, 0.29) is 10.3 Å². The third-order valence-electron chi connectivity index (χ3n) is 2.91. The Morgan fingerprint density at radius 1 is 1.21 bits per heavy atom. The molecule has 1 aliphatic heterocycles. The second-order valence-corrected chi connectivity index (χ2v) is 4.45. The van der Waals surface area contributed by atoms with E-state index in [1.54, 1.807) is 24.3 Å². The molecule has 7 heteroatoms. The van der Waals surface area contributed by atoms with Crippen LogP contribution in [0, 0.1) is 4.77 Å². The average molecular weight is 276 g/mol. The molecule has 6 nitrogen and oxygen atoms in total. The molecule has 2 heterocycles. The van der Waals surface area contributed by atoms with Gasteiger partial charge in [-0.25, -0.2) is 4.79 Å². The Balaban J connectivity index is 2.24. The number of cyclic esters (lactones) is 1. The summed E-state index contributed by atoms with van der Waals surface area (Å²) in [5.41, 5.74) is 0.273. The molecule has 0 unspecified atom stereocenters. The maximum atomic E-state index is 11.9. The summed E-state index contributed by atoms with van der Waals surface area (Å²) in [4.78, 5) is 28.3. The van der Waals surface area contributed by atoms with E-state index in [1.807, 2.05) is 0 Å². The summed E-state index contributed by atoms with van der Waals surface area (Å²) in [6.07, 6.45) is -0.931. The molecule has 0 fully saturated rings. The van der Waals surface area contributed by atoms with Crippen LogP contribution in [0.25, 0.3) is 0 Å². The Morgan fingerprint density at radius 3 is 2.68 bits per heavy atom. The monoisotopic (exact) mass is 276 g/mol. The predicted molar refractivity (Wildman–Crippen MR) is 67.6 cm³/mol. The molecule has 96 valence electrons. The number of fused-ring (bicyclic) bond motifs is 1. The molecule has 0 aliphatic carbocycles. The fourth-order valence-electron chi connectivity index (χ4n) is 2.09. The fraction of sp³-hybridized carbons (Fsp3) is 0.0833. The van der Waals surface area contributed by atoms with Crippen LogP contribution in [0.1, 0.15) is 27.6 Å². The number of benzene rings is 1. The first kappa shape index (κ1) is 11.7. The van der Waals surface area contributed by atoms with Crippen molar-refractivity contribution in [3.8, 4) is 5.88 Å². The predicted octanol–water partition coefficient (Wildman–Crippen LogP) is 1.40. The van der Waals surface area contributed by atoms with Gasteiger partial charge < -0.3 is 14.8 Å². The van der Waals surface area contributed by atoms with Crippen LogP contribution >= 0.6 is 12.2 Å². The number of H-pyrrole nitrogens is 2. The first-order valence-corrected chi connectivity index (χ1v) is 5.84. The van der Waals surface area contributed by atoms with E-state index < -0.39 is 23.5 Å². The first-order valence-electron chi connectivity index (χ1n) is 5.43. The number of aromatic amines is 2. The van der Waals surface area contributed by atoms with Gasteiger partial charge in [0.05, 0.1) is 5.56 Å². The molecular weight excluding hydrogens is 268 g/mol. The van der Waals surface area contributed by atoms with Gasteiger partial charge in [0, 0.05) is 5.56 Å². The first-order chi connectivity index (χ1) is 9.08. The maximum absolute atomic E-state index is 11.9. The molecule has 19 heavy (non-hydrogen) atoms. The van der Waals surface area contributed by atoms with Gasteiger partial charge in [-0.1, -0.05) is 18.2 Å². The standard InChI is InChI=1S/C12H8N2O4S/c15-9-7(10(16)14-12(19)13-9)8-5-3-1-2-4-6(5)11(17)18-8/h1-4,8H,(H3,13,14,15,16,19)/t8-/m1/s1. The SMILES string of the molecule is O=C1O[C@@H](c2c(O)[nH]c(=S)[nH]c2=O)c2ccccc21. The Kier molecular flexibility index (Phi) is 2.49. The summed E-state index contributed by atoms with van der Waals surface area (Å²) in [6.45, 7) is 0. The summed E-state index contributed by atoms with van der Waals surface area (Å²) in [5.74, 6) is -0.926. The molecule has 1 atom stereocenters. The lowest BCUT2D eigenvalue weighted by atomic mass is 10.0. The number of carbonyl (C=O) groups excluding carboxylic acids is 1. The fourth-order valence-corrected chi connectivity index (χ4v) is 2.28. The summed E-state index contributed by atoms with van der Waals surface area (Å²) < 4.78 is 5.15. The number of ether oxygens (including phenoxy) is 1. The largest absolute Gasteiger partial charge is 0.494 e. The molecular formula is C12H8N2O4S. The highest BCUT2D eigenvalue weighted by Crippen LogP contribution is 2.36. The van der Waals surface area contributed by atoms with Crippen molar-refractivity contribution in [3.63, 3.8) is 0 Å². The lowest BCUT2D eigenvalue weighted by Gasteiger charge is -2.11. The molecule has 0 amide bonds. The van der Waals surface area contributed by atoms with Gasteiger partial charge in [0.1, 0.15) is 5.56 Å². The molecule has 0 bridgehead atoms. The second kappa shape index (κ2) is 4.06. The Hall–Kier alpha value is -2.41. The molecule has 1 aromatic heterocycles. The summed E-state index contributed by atoms with van der Waals surface area (Å²) >= 11 is 4.74. The second-order valence-electron chi connectivity index (χ2n) is 4.04. The van der Waals surface area contributed by atoms with Crippen molar-refractivity contribution < 1.29 is 14.6 Å². The van der Waals surface area contributed by atoms with Crippen molar-refractivity contribution >= 4 is 18.2 Å². The van der Waals surface area contributed by atoms with E-state index in [4.69, 9.17) is 17.0 Å². The third kappa shape index (κ3) is 1.75. The van der Waals surface area contributed by atoms with Crippen LogP contribution in [-0.2, 0) is 4.74 Å². The van der Waals surface area contributed by atoms with Crippen LogP contribution in [0.3, 0.4) is 0 Å². The van der Waals surface area contributed by atoms with Gasteiger partial charge >= 0.3 is 5.97 Å². The quantitative estimate of drug-likeness (QED) is 0.540. The van der Waals surface area contributed by atoms with Gasteiger partial charge in [-0.15, -0.1) is 0 Å². The Bertz CT molecular complexity index is 793. The maximum Gasteiger partial charge on any atom is 0.339 e. The van der Waals surface area contributed by atoms with Crippen molar-refractivity contribution in [1.82, 2.24) is 9.97 Å². The number of rotatable bonds is 1. The zero-order chi connectivity index (χ0) is 13.6. The number of aromatic nitrogens is 2. The van der Waals surface area contributed by atoms with Crippen molar-refractivity contribution in [2.45, 2.75) is 6.10 Å². The van der Waals surface area contributed by atoms with Gasteiger partial charge in [-0.05, 0) is 18.3 Å². The highest BCUT2D eigenvalue weighted by Gasteiger charge is 2.35. The van der Waals surface area contributed by atoms with Gasteiger partial charge in [-0.2, -0.15) is 0 Å². The molecule has 2 aromatic rings. The van der Waals surface area contributed by atoms with Gasteiger partial charge in [-0.3, -0.25) is 9.78 Å². The molecule has 1 aromatic carbocycles. The molecule has 3 rings (SSSR count). The van der Waals surface area contributed by atoms with Gasteiger partial charge in [0.15, 0.2) is 10.9 Å². The minimum atomic E-state index is -0.931. The van der Waals surface area contributed by atoms with Gasteiger partial charge in [0.2, 0.25) is 5.88 Å². The van der Waals surface area contributed by atoms with Crippen LogP contribution in [-0.4, -0.2) is 21.0 Å². The Morgan fingerprint density at radius 2 is 1.95 bits per heavy atom. The van der Waals surface area contributed by atoms with Crippen molar-refractivity contribution in [2.24, 2.45) is 0 Å². The van der Waals surface area contributed by atoms with Crippen molar-refractivity contribution in [3.05, 3.63) is 56.1 Å². The number of nitrogens with one attached hydrogen (secondary N) is 2. The van der Waals surface area contributed by atoms with E-state index in [2.05, 4.69) is 9.97 Å². The summed E-state index contributed by atoms with van der Waals surface area (Å²) in [5, 5.41) is 9.81. The molecule has 0 saturated heterocycles. The van der Waals surface area contributed by atoms with Crippen LogP contribution < -0.4 is 5.56 Å². The lowest BCUT2D eigenvalue weighted by molar-refractivity contribution is 0.0450. The number of aromatic hydroxyl groups is 1. The van der Waals surface area contributed by atoms with Crippen LogP contribution in [0.15, 0.2) is 29.1 Å². The van der Waals surface area contributed by atoms with Crippen LogP contribution in [0.5, 0.6) is 5.88 Å². The van der Waals surface area contributed by atoms with Crippen molar-refractivity contribution in [1.29, 1.82) is 0 Å². The molecule has 0 saturated carbocycles. The number of carbonyl (C=O) groups is 1. The number of hydrogen-bond acceptors (Lipinski definition) is 5. The van der Waals surface area contributed by atoms with Crippen LogP contribution in [0.2, 0.25) is 0 Å². The van der Waals surface area contributed by atoms with Gasteiger partial charge in [0.25, 0.3) is 5.56 Å². The summed E-state index contributed by atoms with van der Waals surface area (Å²) in [6, 6.07) is 6.70. The molecule has 0 spiro atoms. The molecule has 3 N–H and O–H groups in total. The molecule has 0 radical (unpaired) electrons. The normalized spacial score (nSPS) is 17.1. The number of esters is 1. The molecule has 1 aliphatic rings. The van der Waals surface area contributed by atoms with E-state index in [0.29, 0.717) is 11.1 Å². The Labute approximate surface area is 111 Å². The van der Waals surface area contributed by atoms with Crippen LogP contribution in [0.4, 0.5) is 0 Å². The van der Waals surface area contributed by atoms with E-state index >= 15 is 0 Å². The minimum absolute atomic E-state index is 0.00357. The zero-order valence-electron chi connectivity index (χ0n) is 9.47. The van der Waals surface area contributed by atoms with E-state index in [1.165, 1.54) is 0 Å². The topological polar surface area (TPSA) is 95.2 Å². The summed E-state index contributed by atoms with van der Waals surface area (Å²) in [7, 11) is 0. The highest BCUT2D eigenvalue weighted by molar-refractivity contribution is 7.71.